The lowest BCUT2D eigenvalue weighted by Gasteiger charge is -1.98. The maximum atomic E-state index is 5.45. The molecule has 1 aliphatic rings. The Morgan fingerprint density at radius 3 is 3.14 bits per heavy atom. The minimum Gasteiger partial charge on any atom is -0.359 e. The first-order valence-corrected chi connectivity index (χ1v) is 3.66. The summed E-state index contributed by atoms with van der Waals surface area (Å²) < 4.78 is 5.01. The van der Waals surface area contributed by atoms with E-state index >= 15 is 0 Å². The molecule has 0 bridgehead atoms. The van der Waals surface area contributed by atoms with E-state index in [1.165, 1.54) is 0 Å². The van der Waals surface area contributed by atoms with Gasteiger partial charge < -0.3 is 4.74 Å². The lowest BCUT2D eigenvalue weighted by molar-refractivity contribution is 0.183. The van der Waals surface area contributed by atoms with E-state index in [4.69, 9.17) is 16.3 Å². The summed E-state index contributed by atoms with van der Waals surface area (Å²) in [5, 5.41) is 0. The van der Waals surface area contributed by atoms with E-state index in [9.17, 15) is 0 Å². The predicted octanol–water partition coefficient (Wildman–Crippen LogP) is 1.48. The molecule has 0 aromatic carbocycles. The Morgan fingerprint density at radius 1 is 2.00 bits per heavy atom. The van der Waals surface area contributed by atoms with Gasteiger partial charge in [-0.1, -0.05) is 0 Å². The van der Waals surface area contributed by atoms with Gasteiger partial charge in [0.15, 0.2) is 0 Å². The van der Waals surface area contributed by atoms with Gasteiger partial charge in [0, 0.05) is 11.6 Å². The summed E-state index contributed by atoms with van der Waals surface area (Å²) in [6.45, 7) is 0. The minimum atomic E-state index is 0.270. The first-order chi connectivity index (χ1) is 3.43. The lowest BCUT2D eigenvalue weighted by Crippen LogP contribution is -2.08. The average molecular weight is 138 g/mol. The molecular formula is C4H6ClOS. The highest BCUT2D eigenvalue weighted by Gasteiger charge is 2.13. The molecular weight excluding hydrogens is 132 g/mol. The fourth-order valence-corrected chi connectivity index (χ4v) is 1.42. The van der Waals surface area contributed by atoms with Crippen molar-refractivity contribution in [3.63, 3.8) is 0 Å². The van der Waals surface area contributed by atoms with Crippen LogP contribution in [0, 0.1) is 5.94 Å². The molecule has 0 aliphatic carbocycles. The standard InChI is InChI=1S/C4H6ClOS/c5-1-4-2-7-3-6-4/h3-4H,1-2H2. The number of hydrogen-bond donors (Lipinski definition) is 0. The van der Waals surface area contributed by atoms with Gasteiger partial charge in [0.05, 0.1) is 6.10 Å². The van der Waals surface area contributed by atoms with Crippen LogP contribution in [-0.2, 0) is 4.74 Å². The molecule has 1 heterocycles. The molecule has 1 fully saturated rings. The van der Waals surface area contributed by atoms with Crippen molar-refractivity contribution in [2.75, 3.05) is 11.6 Å². The average Bonchev–Trinajstić information content (AvgIpc) is 2.14. The van der Waals surface area contributed by atoms with Crippen LogP contribution in [-0.4, -0.2) is 17.7 Å². The Morgan fingerprint density at radius 2 is 2.86 bits per heavy atom. The zero-order valence-electron chi connectivity index (χ0n) is 3.76. The summed E-state index contributed by atoms with van der Waals surface area (Å²) in [4.78, 5) is 0. The normalized spacial score (nSPS) is 31.3. The number of ether oxygens (including phenoxy) is 1. The second kappa shape index (κ2) is 2.80. The second-order valence-electron chi connectivity index (χ2n) is 1.34. The quantitative estimate of drug-likeness (QED) is 0.507. The lowest BCUT2D eigenvalue weighted by atomic mass is 10.5. The van der Waals surface area contributed by atoms with Crippen molar-refractivity contribution in [2.24, 2.45) is 0 Å². The molecule has 1 atom stereocenters. The molecule has 1 rings (SSSR count). The van der Waals surface area contributed by atoms with Crippen molar-refractivity contribution in [2.45, 2.75) is 6.10 Å². The van der Waals surface area contributed by atoms with E-state index in [0.717, 1.165) is 5.75 Å². The molecule has 0 saturated carbocycles. The molecule has 1 aliphatic heterocycles. The van der Waals surface area contributed by atoms with Crippen LogP contribution in [0.3, 0.4) is 0 Å². The molecule has 1 unspecified atom stereocenters. The first-order valence-electron chi connectivity index (χ1n) is 2.08. The van der Waals surface area contributed by atoms with Crippen molar-refractivity contribution in [3.05, 3.63) is 5.94 Å². The number of hydrogen-bond acceptors (Lipinski definition) is 2. The van der Waals surface area contributed by atoms with Crippen molar-refractivity contribution in [1.29, 1.82) is 0 Å². The molecule has 3 heteroatoms. The number of rotatable bonds is 1. The monoisotopic (exact) mass is 137 g/mol. The third-order valence-corrected chi connectivity index (χ3v) is 1.93. The maximum Gasteiger partial charge on any atom is 0.139 e. The Labute approximate surface area is 52.4 Å². The molecule has 1 radical (unpaired) electrons. The van der Waals surface area contributed by atoms with E-state index in [2.05, 4.69) is 0 Å². The fraction of sp³-hybridized carbons (Fsp3) is 0.750. The van der Waals surface area contributed by atoms with Gasteiger partial charge in [0.2, 0.25) is 0 Å². The summed E-state index contributed by atoms with van der Waals surface area (Å²) in [5.74, 6) is 3.38. The molecule has 0 aromatic rings. The molecule has 1 nitrogen and oxygen atoms in total. The van der Waals surface area contributed by atoms with Gasteiger partial charge in [0.1, 0.15) is 5.94 Å². The largest absolute Gasteiger partial charge is 0.359 e. The van der Waals surface area contributed by atoms with Crippen LogP contribution in [0.15, 0.2) is 0 Å². The second-order valence-corrected chi connectivity index (χ2v) is 2.51. The topological polar surface area (TPSA) is 9.23 Å². The van der Waals surface area contributed by atoms with Crippen LogP contribution in [0.4, 0.5) is 0 Å². The third-order valence-electron chi connectivity index (χ3n) is 0.770. The summed E-state index contributed by atoms with van der Waals surface area (Å²) >= 11 is 7.12. The summed E-state index contributed by atoms with van der Waals surface area (Å²) in [7, 11) is 0. The van der Waals surface area contributed by atoms with Gasteiger partial charge in [-0.05, 0) is 0 Å². The Hall–Kier alpha value is 0.600. The van der Waals surface area contributed by atoms with E-state index in [1.54, 1.807) is 17.7 Å². The van der Waals surface area contributed by atoms with E-state index < -0.39 is 0 Å². The highest BCUT2D eigenvalue weighted by Crippen LogP contribution is 2.20. The van der Waals surface area contributed by atoms with Crippen LogP contribution < -0.4 is 0 Å². The predicted molar refractivity (Wildman–Crippen MR) is 32.4 cm³/mol. The van der Waals surface area contributed by atoms with Crippen LogP contribution in [0.2, 0.25) is 0 Å². The summed E-state index contributed by atoms with van der Waals surface area (Å²) in [6, 6.07) is 0. The zero-order valence-corrected chi connectivity index (χ0v) is 5.34. The SMILES string of the molecule is ClCC1CS[CH]O1. The van der Waals surface area contributed by atoms with Crippen molar-refractivity contribution in [3.8, 4) is 0 Å². The number of thioether (sulfide) groups is 1. The van der Waals surface area contributed by atoms with Crippen LogP contribution in [0.5, 0.6) is 0 Å². The minimum absolute atomic E-state index is 0.270. The molecule has 0 spiro atoms. The molecule has 7 heavy (non-hydrogen) atoms. The number of alkyl halides is 1. The fourth-order valence-electron chi connectivity index (χ4n) is 0.385. The number of halogens is 1. The van der Waals surface area contributed by atoms with E-state index in [0.29, 0.717) is 5.88 Å². The molecule has 0 amide bonds. The van der Waals surface area contributed by atoms with Crippen LogP contribution >= 0.6 is 23.4 Å². The highest BCUT2D eigenvalue weighted by atomic mass is 35.5. The van der Waals surface area contributed by atoms with Crippen molar-refractivity contribution in [1.82, 2.24) is 0 Å². The molecule has 0 aromatic heterocycles. The Bertz CT molecular complexity index is 53.7. The molecule has 0 N–H and O–H groups in total. The van der Waals surface area contributed by atoms with Gasteiger partial charge >= 0.3 is 0 Å². The third kappa shape index (κ3) is 1.52. The van der Waals surface area contributed by atoms with Gasteiger partial charge in [0.25, 0.3) is 0 Å². The Kier molecular flexibility index (Phi) is 2.29. The van der Waals surface area contributed by atoms with Crippen molar-refractivity contribution < 1.29 is 4.74 Å². The summed E-state index contributed by atoms with van der Waals surface area (Å²) in [6.07, 6.45) is 0.270. The molecule has 1 saturated heterocycles. The molecule has 41 valence electrons. The highest BCUT2D eigenvalue weighted by molar-refractivity contribution is 8.01. The van der Waals surface area contributed by atoms with Gasteiger partial charge in [-0.25, -0.2) is 0 Å². The van der Waals surface area contributed by atoms with Crippen molar-refractivity contribution >= 4 is 23.4 Å². The summed E-state index contributed by atoms with van der Waals surface area (Å²) in [5.41, 5.74) is 0. The van der Waals surface area contributed by atoms with Gasteiger partial charge in [-0.15, -0.1) is 23.4 Å². The maximum absolute atomic E-state index is 5.45. The van der Waals surface area contributed by atoms with E-state index in [1.807, 2.05) is 0 Å². The van der Waals surface area contributed by atoms with Crippen LogP contribution in [0.1, 0.15) is 0 Å². The zero-order chi connectivity index (χ0) is 5.11. The Balaban J connectivity index is 2.14. The van der Waals surface area contributed by atoms with Crippen LogP contribution in [0.25, 0.3) is 0 Å². The first kappa shape index (κ1) is 5.73. The van der Waals surface area contributed by atoms with Gasteiger partial charge in [-0.2, -0.15) is 0 Å². The van der Waals surface area contributed by atoms with Gasteiger partial charge in [-0.3, -0.25) is 0 Å². The smallest absolute Gasteiger partial charge is 0.139 e. The van der Waals surface area contributed by atoms with E-state index in [-0.39, 0.29) is 6.10 Å².